The van der Waals surface area contributed by atoms with Crippen LogP contribution in [-0.4, -0.2) is 97.8 Å². The Bertz CT molecular complexity index is 611. The topological polar surface area (TPSA) is 87.7 Å². The van der Waals surface area contributed by atoms with E-state index in [2.05, 4.69) is 22.6 Å². The zero-order valence-corrected chi connectivity index (χ0v) is 22.7. The highest BCUT2D eigenvalue weighted by Crippen LogP contribution is 2.33. The Morgan fingerprint density at radius 3 is 2.55 bits per heavy atom. The molecule has 0 radical (unpaired) electrons. The van der Waals surface area contributed by atoms with Crippen LogP contribution >= 0.6 is 24.0 Å². The van der Waals surface area contributed by atoms with Crippen LogP contribution in [0.3, 0.4) is 0 Å². The Kier molecular flexibility index (Phi) is 10.8. The van der Waals surface area contributed by atoms with Crippen molar-refractivity contribution in [2.75, 3.05) is 46.4 Å². The third-order valence-corrected chi connectivity index (χ3v) is 5.14. The van der Waals surface area contributed by atoms with Crippen LogP contribution in [0.2, 0.25) is 0 Å². The number of amides is 1. The molecule has 3 unspecified atom stereocenters. The first-order valence-corrected chi connectivity index (χ1v) is 11.0. The van der Waals surface area contributed by atoms with Crippen LogP contribution < -0.4 is 10.6 Å². The molecule has 2 rings (SSSR count). The van der Waals surface area contributed by atoms with Gasteiger partial charge in [0.25, 0.3) is 0 Å². The van der Waals surface area contributed by atoms with E-state index in [4.69, 9.17) is 19.2 Å². The van der Waals surface area contributed by atoms with Crippen LogP contribution in [-0.2, 0) is 14.2 Å². The SMILES string of the molecule is CCNC(=NCC1CN(C)CCO1)NCC1C(C)OC(C)(C)N1C(=O)OC(C)(C)C.I. The summed E-state index contributed by atoms with van der Waals surface area (Å²) in [6.45, 7) is 17.8. The number of aliphatic imine (C=N–C) groups is 1. The molecule has 182 valence electrons. The largest absolute Gasteiger partial charge is 0.444 e. The standard InChI is InChI=1S/C21H41N5O4.HI/c1-9-22-18(23-12-16-14-25(8)10-11-28-16)24-13-17-15(2)29-21(6,7)26(17)19(27)30-20(3,4)5;/h15-17H,9-14H2,1-8H3,(H2,22,23,24);1H. The first-order valence-electron chi connectivity index (χ1n) is 11.0. The zero-order valence-electron chi connectivity index (χ0n) is 20.4. The van der Waals surface area contributed by atoms with E-state index in [1.807, 2.05) is 48.5 Å². The first-order chi connectivity index (χ1) is 13.9. The third kappa shape index (κ3) is 8.54. The summed E-state index contributed by atoms with van der Waals surface area (Å²) >= 11 is 0. The van der Waals surface area contributed by atoms with E-state index in [1.54, 1.807) is 4.90 Å². The van der Waals surface area contributed by atoms with Gasteiger partial charge >= 0.3 is 6.09 Å². The van der Waals surface area contributed by atoms with Crippen LogP contribution in [0, 0.1) is 0 Å². The minimum absolute atomic E-state index is 0. The molecule has 10 heteroatoms. The van der Waals surface area contributed by atoms with Gasteiger partial charge in [0.2, 0.25) is 0 Å². The number of morpholine rings is 1. The molecule has 2 fully saturated rings. The van der Waals surface area contributed by atoms with E-state index in [0.717, 1.165) is 26.2 Å². The second-order valence-corrected chi connectivity index (χ2v) is 9.54. The van der Waals surface area contributed by atoms with Gasteiger partial charge in [-0.25, -0.2) is 4.79 Å². The lowest BCUT2D eigenvalue weighted by Crippen LogP contribution is -2.54. The lowest BCUT2D eigenvalue weighted by molar-refractivity contribution is -0.0755. The Balaban J connectivity index is 0.00000480. The van der Waals surface area contributed by atoms with Gasteiger partial charge in [0.05, 0.1) is 31.4 Å². The minimum Gasteiger partial charge on any atom is -0.444 e. The summed E-state index contributed by atoms with van der Waals surface area (Å²) in [6, 6.07) is -0.184. The van der Waals surface area contributed by atoms with Crippen molar-refractivity contribution in [2.45, 2.75) is 78.0 Å². The molecular weight excluding hydrogens is 513 g/mol. The van der Waals surface area contributed by atoms with E-state index in [-0.39, 0.29) is 48.3 Å². The number of nitrogens with zero attached hydrogens (tertiary/aromatic N) is 3. The molecule has 1 amide bonds. The van der Waals surface area contributed by atoms with Crippen molar-refractivity contribution < 1.29 is 19.0 Å². The van der Waals surface area contributed by atoms with Gasteiger partial charge in [-0.05, 0) is 55.5 Å². The van der Waals surface area contributed by atoms with Gasteiger partial charge in [-0.3, -0.25) is 9.89 Å². The molecule has 0 aromatic heterocycles. The van der Waals surface area contributed by atoms with Crippen LogP contribution in [0.4, 0.5) is 4.79 Å². The highest BCUT2D eigenvalue weighted by Gasteiger charge is 2.49. The fourth-order valence-electron chi connectivity index (χ4n) is 3.84. The third-order valence-electron chi connectivity index (χ3n) is 5.14. The van der Waals surface area contributed by atoms with Crippen molar-refractivity contribution >= 4 is 36.0 Å². The van der Waals surface area contributed by atoms with Crippen molar-refractivity contribution in [1.29, 1.82) is 0 Å². The number of carbonyl (C=O) groups is 1. The first kappa shape index (κ1) is 28.2. The summed E-state index contributed by atoms with van der Waals surface area (Å²) in [5, 5.41) is 6.64. The molecule has 2 aliphatic heterocycles. The molecular formula is C21H42IN5O4. The second-order valence-electron chi connectivity index (χ2n) is 9.54. The van der Waals surface area contributed by atoms with Crippen LogP contribution in [0.25, 0.3) is 0 Å². The van der Waals surface area contributed by atoms with Gasteiger partial charge in [0.15, 0.2) is 5.96 Å². The summed E-state index contributed by atoms with van der Waals surface area (Å²) in [6.07, 6.45) is -0.424. The van der Waals surface area contributed by atoms with Crippen molar-refractivity contribution in [3.63, 3.8) is 0 Å². The maximum Gasteiger partial charge on any atom is 0.412 e. The number of rotatable bonds is 5. The van der Waals surface area contributed by atoms with E-state index >= 15 is 0 Å². The van der Waals surface area contributed by atoms with Gasteiger partial charge < -0.3 is 29.7 Å². The Morgan fingerprint density at radius 1 is 1.29 bits per heavy atom. The molecule has 0 aliphatic carbocycles. The van der Waals surface area contributed by atoms with Crippen molar-refractivity contribution in [3.8, 4) is 0 Å². The molecule has 9 nitrogen and oxygen atoms in total. The summed E-state index contributed by atoms with van der Waals surface area (Å²) in [4.78, 5) is 21.5. The summed E-state index contributed by atoms with van der Waals surface area (Å²) in [5.74, 6) is 0.704. The van der Waals surface area contributed by atoms with Crippen LogP contribution in [0.1, 0.15) is 48.5 Å². The molecule has 0 aromatic carbocycles. The molecule has 31 heavy (non-hydrogen) atoms. The van der Waals surface area contributed by atoms with Gasteiger partial charge in [-0.15, -0.1) is 24.0 Å². The number of nitrogens with one attached hydrogen (secondary N) is 2. The zero-order chi connectivity index (χ0) is 22.5. The highest BCUT2D eigenvalue weighted by molar-refractivity contribution is 14.0. The maximum atomic E-state index is 12.9. The normalized spacial score (nSPS) is 26.9. The van der Waals surface area contributed by atoms with E-state index < -0.39 is 11.3 Å². The number of ether oxygens (including phenoxy) is 3. The molecule has 0 spiro atoms. The molecule has 2 heterocycles. The minimum atomic E-state index is -0.746. The lowest BCUT2D eigenvalue weighted by atomic mass is 10.1. The molecule has 3 atom stereocenters. The average Bonchev–Trinajstić information content (AvgIpc) is 2.84. The van der Waals surface area contributed by atoms with E-state index in [0.29, 0.717) is 19.0 Å². The van der Waals surface area contributed by atoms with Crippen molar-refractivity contribution in [1.82, 2.24) is 20.4 Å². The Hall–Kier alpha value is -0.850. The second kappa shape index (κ2) is 11.9. The summed E-state index contributed by atoms with van der Waals surface area (Å²) in [5.41, 5.74) is -1.31. The number of hydrogen-bond acceptors (Lipinski definition) is 6. The van der Waals surface area contributed by atoms with Crippen LogP contribution in [0.5, 0.6) is 0 Å². The quantitative estimate of drug-likeness (QED) is 0.306. The fourth-order valence-corrected chi connectivity index (χ4v) is 3.84. The lowest BCUT2D eigenvalue weighted by Gasteiger charge is -2.35. The summed E-state index contributed by atoms with van der Waals surface area (Å²) in [7, 11) is 2.09. The number of hydrogen-bond donors (Lipinski definition) is 2. The summed E-state index contributed by atoms with van der Waals surface area (Å²) < 4.78 is 17.5. The predicted octanol–water partition coefficient (Wildman–Crippen LogP) is 2.25. The smallest absolute Gasteiger partial charge is 0.412 e. The Labute approximate surface area is 204 Å². The predicted molar refractivity (Wildman–Crippen MR) is 133 cm³/mol. The van der Waals surface area contributed by atoms with Gasteiger partial charge in [-0.2, -0.15) is 0 Å². The van der Waals surface area contributed by atoms with Crippen LogP contribution in [0.15, 0.2) is 4.99 Å². The number of guanidine groups is 1. The van der Waals surface area contributed by atoms with Gasteiger partial charge in [0, 0.05) is 26.2 Å². The number of carbonyl (C=O) groups excluding carboxylic acids is 1. The van der Waals surface area contributed by atoms with E-state index in [9.17, 15) is 4.79 Å². The van der Waals surface area contributed by atoms with Gasteiger partial charge in [-0.1, -0.05) is 0 Å². The number of likely N-dealkylation sites (N-methyl/N-ethyl adjacent to an activating group) is 1. The van der Waals surface area contributed by atoms with Crippen molar-refractivity contribution in [2.24, 2.45) is 4.99 Å². The molecule has 2 saturated heterocycles. The van der Waals surface area contributed by atoms with Crippen molar-refractivity contribution in [3.05, 3.63) is 0 Å². The van der Waals surface area contributed by atoms with E-state index in [1.165, 1.54) is 0 Å². The molecule has 2 N–H and O–H groups in total. The molecule has 0 aromatic rings. The maximum absolute atomic E-state index is 12.9. The average molecular weight is 556 g/mol. The molecule has 2 aliphatic rings. The fraction of sp³-hybridized carbons (Fsp3) is 0.905. The Morgan fingerprint density at radius 2 is 1.97 bits per heavy atom. The molecule has 0 bridgehead atoms. The highest BCUT2D eigenvalue weighted by atomic mass is 127. The molecule has 0 saturated carbocycles. The number of halogens is 1. The monoisotopic (exact) mass is 555 g/mol. The van der Waals surface area contributed by atoms with Gasteiger partial charge in [0.1, 0.15) is 11.3 Å².